The largest absolute Gasteiger partial charge is 0.497 e. The van der Waals surface area contributed by atoms with Crippen molar-refractivity contribution >= 4 is 23.7 Å². The van der Waals surface area contributed by atoms with Crippen molar-refractivity contribution in [2.24, 2.45) is 5.73 Å². The Labute approximate surface area is 147 Å². The molecule has 0 fully saturated rings. The lowest BCUT2D eigenvalue weighted by atomic mass is 10.1. The number of hydrogen-bond acceptors (Lipinski definition) is 4. The fourth-order valence-corrected chi connectivity index (χ4v) is 2.74. The lowest BCUT2D eigenvalue weighted by molar-refractivity contribution is -0.123. The van der Waals surface area contributed by atoms with Crippen LogP contribution in [0.1, 0.15) is 25.3 Å². The fourth-order valence-electron chi connectivity index (χ4n) is 2.27. The van der Waals surface area contributed by atoms with E-state index in [0.29, 0.717) is 6.42 Å². The number of rotatable bonds is 10. The molecule has 0 bridgehead atoms. The number of hydrogen-bond donors (Lipinski definition) is 3. The van der Waals surface area contributed by atoms with Crippen LogP contribution in [0.2, 0.25) is 0 Å². The van der Waals surface area contributed by atoms with Gasteiger partial charge in [-0.3, -0.25) is 4.79 Å². The minimum Gasteiger partial charge on any atom is -0.497 e. The van der Waals surface area contributed by atoms with Crippen molar-refractivity contribution in [1.82, 2.24) is 10.6 Å². The highest BCUT2D eigenvalue weighted by Gasteiger charge is 2.20. The third kappa shape index (κ3) is 7.59. The summed E-state index contributed by atoms with van der Waals surface area (Å²) in [5.41, 5.74) is 6.33. The maximum absolute atomic E-state index is 12.3. The van der Waals surface area contributed by atoms with Crippen LogP contribution in [0.4, 0.5) is 4.79 Å². The molecular weight excluding hydrogens is 326 g/mol. The second-order valence-electron chi connectivity index (χ2n) is 5.64. The van der Waals surface area contributed by atoms with E-state index in [0.717, 1.165) is 24.3 Å². The number of nitrogens with one attached hydrogen (secondary N) is 2. The van der Waals surface area contributed by atoms with E-state index in [4.69, 9.17) is 10.5 Å². The van der Waals surface area contributed by atoms with Crippen molar-refractivity contribution in [1.29, 1.82) is 0 Å². The summed E-state index contributed by atoms with van der Waals surface area (Å²) in [5, 5.41) is 5.45. The number of urea groups is 1. The molecule has 7 heteroatoms. The summed E-state index contributed by atoms with van der Waals surface area (Å²) in [5.74, 6) is 1.41. The Bertz CT molecular complexity index is 522. The number of thioether (sulfide) groups is 1. The number of methoxy groups -OCH3 is 1. The molecule has 1 aromatic carbocycles. The first-order valence-corrected chi connectivity index (χ1v) is 9.33. The second kappa shape index (κ2) is 10.8. The number of aryl methyl sites for hydroxylation is 1. The van der Waals surface area contributed by atoms with Crippen molar-refractivity contribution in [2.45, 2.75) is 38.3 Å². The highest BCUT2D eigenvalue weighted by molar-refractivity contribution is 7.98. The minimum atomic E-state index is -0.679. The topological polar surface area (TPSA) is 93.4 Å². The third-order valence-electron chi connectivity index (χ3n) is 3.66. The van der Waals surface area contributed by atoms with E-state index in [1.807, 2.05) is 37.4 Å². The quantitative estimate of drug-likeness (QED) is 0.599. The van der Waals surface area contributed by atoms with E-state index in [-0.39, 0.29) is 11.9 Å². The van der Waals surface area contributed by atoms with Crippen molar-refractivity contribution in [2.75, 3.05) is 19.1 Å². The molecule has 1 aromatic rings. The number of amides is 3. The molecule has 3 amide bonds. The highest BCUT2D eigenvalue weighted by atomic mass is 32.2. The predicted molar refractivity (Wildman–Crippen MR) is 98.4 cm³/mol. The number of ether oxygens (including phenoxy) is 1. The molecule has 0 saturated heterocycles. The zero-order valence-electron chi connectivity index (χ0n) is 14.5. The van der Waals surface area contributed by atoms with Crippen LogP contribution in [0.5, 0.6) is 5.75 Å². The molecule has 0 spiro atoms. The maximum atomic E-state index is 12.3. The van der Waals surface area contributed by atoms with E-state index in [1.165, 1.54) is 5.56 Å². The molecule has 0 aliphatic rings. The molecule has 1 rings (SSSR count). The molecule has 0 radical (unpaired) electrons. The summed E-state index contributed by atoms with van der Waals surface area (Å²) in [7, 11) is 1.64. The van der Waals surface area contributed by atoms with Crippen molar-refractivity contribution in [3.05, 3.63) is 29.8 Å². The number of benzene rings is 1. The Morgan fingerprint density at radius 1 is 1.21 bits per heavy atom. The summed E-state index contributed by atoms with van der Waals surface area (Å²) in [6.45, 7) is 1.96. The van der Waals surface area contributed by atoms with Gasteiger partial charge in [-0.15, -0.1) is 0 Å². The molecule has 6 nitrogen and oxygen atoms in total. The van der Waals surface area contributed by atoms with Gasteiger partial charge in [-0.2, -0.15) is 11.8 Å². The molecule has 0 saturated carbocycles. The first-order valence-electron chi connectivity index (χ1n) is 7.94. The van der Waals surface area contributed by atoms with E-state index >= 15 is 0 Å². The van der Waals surface area contributed by atoms with Gasteiger partial charge in [0.2, 0.25) is 5.91 Å². The smallest absolute Gasteiger partial charge is 0.312 e. The molecule has 0 unspecified atom stereocenters. The van der Waals surface area contributed by atoms with E-state index < -0.39 is 12.1 Å². The minimum absolute atomic E-state index is 0.00561. The van der Waals surface area contributed by atoms with Gasteiger partial charge in [0.1, 0.15) is 11.8 Å². The third-order valence-corrected chi connectivity index (χ3v) is 4.30. The van der Waals surface area contributed by atoms with Gasteiger partial charge >= 0.3 is 6.03 Å². The first kappa shape index (κ1) is 20.2. The molecule has 4 N–H and O–H groups in total. The number of carbonyl (C=O) groups is 2. The van der Waals surface area contributed by atoms with Crippen LogP contribution in [0.3, 0.4) is 0 Å². The second-order valence-corrected chi connectivity index (χ2v) is 6.62. The van der Waals surface area contributed by atoms with Crippen molar-refractivity contribution in [3.8, 4) is 5.75 Å². The van der Waals surface area contributed by atoms with Crippen LogP contribution in [-0.2, 0) is 11.2 Å². The number of primary amides is 1. The van der Waals surface area contributed by atoms with Gasteiger partial charge in [-0.05, 0) is 55.9 Å². The lowest BCUT2D eigenvalue weighted by Gasteiger charge is -2.20. The molecule has 0 aliphatic carbocycles. The Hall–Kier alpha value is -1.89. The average molecular weight is 353 g/mol. The van der Waals surface area contributed by atoms with Crippen LogP contribution in [0.15, 0.2) is 24.3 Å². The maximum Gasteiger partial charge on any atom is 0.312 e. The Morgan fingerprint density at radius 3 is 2.42 bits per heavy atom. The normalized spacial score (nSPS) is 13.0. The summed E-state index contributed by atoms with van der Waals surface area (Å²) in [6.07, 6.45) is 4.17. The van der Waals surface area contributed by atoms with Crippen LogP contribution in [0, 0.1) is 0 Å². The van der Waals surface area contributed by atoms with Gasteiger partial charge in [0.15, 0.2) is 0 Å². The summed E-state index contributed by atoms with van der Waals surface area (Å²) < 4.78 is 5.13. The van der Waals surface area contributed by atoms with Gasteiger partial charge in [0.25, 0.3) is 0 Å². The van der Waals surface area contributed by atoms with E-state index in [9.17, 15) is 9.59 Å². The number of carbonyl (C=O) groups excluding carboxylic acids is 2. The monoisotopic (exact) mass is 353 g/mol. The Balaban J connectivity index is 2.46. The molecule has 24 heavy (non-hydrogen) atoms. The van der Waals surface area contributed by atoms with Gasteiger partial charge in [0, 0.05) is 6.04 Å². The molecule has 2 atom stereocenters. The highest BCUT2D eigenvalue weighted by Crippen LogP contribution is 2.13. The SMILES string of the molecule is COc1ccc(CC[C@H](C)NC(=O)[C@@H](CCSC)NC(N)=O)cc1. The Morgan fingerprint density at radius 2 is 1.88 bits per heavy atom. The summed E-state index contributed by atoms with van der Waals surface area (Å²) in [4.78, 5) is 23.3. The van der Waals surface area contributed by atoms with Crippen LogP contribution in [0.25, 0.3) is 0 Å². The standard InChI is InChI=1S/C17H27N3O3S/c1-12(4-5-13-6-8-14(23-2)9-7-13)19-16(21)15(10-11-24-3)20-17(18)22/h6-9,12,15H,4-5,10-11H2,1-3H3,(H,19,21)(H3,18,20,22)/t12-,15+/m0/s1. The van der Waals surface area contributed by atoms with Crippen molar-refractivity contribution in [3.63, 3.8) is 0 Å². The summed E-state index contributed by atoms with van der Waals surface area (Å²) in [6, 6.07) is 6.63. The van der Waals surface area contributed by atoms with Crippen LogP contribution < -0.4 is 21.1 Å². The molecule has 0 aromatic heterocycles. The van der Waals surface area contributed by atoms with Gasteiger partial charge in [-0.25, -0.2) is 4.79 Å². The first-order chi connectivity index (χ1) is 11.5. The lowest BCUT2D eigenvalue weighted by Crippen LogP contribution is -2.50. The van der Waals surface area contributed by atoms with Crippen LogP contribution in [-0.4, -0.2) is 43.1 Å². The zero-order valence-corrected chi connectivity index (χ0v) is 15.3. The van der Waals surface area contributed by atoms with Crippen molar-refractivity contribution < 1.29 is 14.3 Å². The van der Waals surface area contributed by atoms with Gasteiger partial charge < -0.3 is 21.1 Å². The molecule has 0 heterocycles. The van der Waals surface area contributed by atoms with Gasteiger partial charge in [-0.1, -0.05) is 12.1 Å². The van der Waals surface area contributed by atoms with Gasteiger partial charge in [0.05, 0.1) is 7.11 Å². The molecular formula is C17H27N3O3S. The van der Waals surface area contributed by atoms with E-state index in [2.05, 4.69) is 10.6 Å². The zero-order chi connectivity index (χ0) is 17.9. The fraction of sp³-hybridized carbons (Fsp3) is 0.529. The number of nitrogens with two attached hydrogens (primary N) is 1. The van der Waals surface area contributed by atoms with E-state index in [1.54, 1.807) is 18.9 Å². The predicted octanol–water partition coefficient (Wildman–Crippen LogP) is 1.92. The molecule has 0 aliphatic heterocycles. The van der Waals surface area contributed by atoms with Crippen LogP contribution >= 0.6 is 11.8 Å². The Kier molecular flexibility index (Phi) is 9.07. The average Bonchev–Trinajstić information content (AvgIpc) is 2.56. The summed E-state index contributed by atoms with van der Waals surface area (Å²) >= 11 is 1.62. The molecule has 134 valence electrons.